The van der Waals surface area contributed by atoms with E-state index >= 15 is 0 Å². The Bertz CT molecular complexity index is 959. The van der Waals surface area contributed by atoms with Crippen molar-refractivity contribution in [2.24, 2.45) is 5.92 Å². The van der Waals surface area contributed by atoms with E-state index in [9.17, 15) is 13.2 Å². The lowest BCUT2D eigenvalue weighted by atomic mass is 9.96. The highest BCUT2D eigenvalue weighted by Crippen LogP contribution is 2.26. The second-order valence-corrected chi connectivity index (χ2v) is 10.1. The van der Waals surface area contributed by atoms with Crippen LogP contribution in [0, 0.1) is 5.92 Å². The summed E-state index contributed by atoms with van der Waals surface area (Å²) in [5.74, 6) is -0.392. The molecule has 156 valence electrons. The molecule has 2 aromatic carbocycles. The summed E-state index contributed by atoms with van der Waals surface area (Å²) in [5, 5.41) is 3.84. The van der Waals surface area contributed by atoms with Crippen LogP contribution in [-0.2, 0) is 20.6 Å². The molecular weight excluding hydrogens is 431 g/mol. The van der Waals surface area contributed by atoms with Gasteiger partial charge in [0.15, 0.2) is 0 Å². The van der Waals surface area contributed by atoms with E-state index in [0.29, 0.717) is 41.5 Å². The molecule has 29 heavy (non-hydrogen) atoms. The normalized spacial score (nSPS) is 17.1. The Hall–Kier alpha value is -1.60. The molecule has 1 aliphatic rings. The number of rotatable bonds is 6. The van der Waals surface area contributed by atoms with Crippen molar-refractivity contribution in [3.8, 4) is 0 Å². The number of halogens is 2. The number of piperidine rings is 1. The van der Waals surface area contributed by atoms with Crippen molar-refractivity contribution in [1.29, 1.82) is 0 Å². The number of sulfonamides is 1. The Kier molecular flexibility index (Phi) is 7.22. The van der Waals surface area contributed by atoms with E-state index in [4.69, 9.17) is 23.2 Å². The lowest BCUT2D eigenvalue weighted by Gasteiger charge is -2.31. The highest BCUT2D eigenvalue weighted by Gasteiger charge is 2.32. The van der Waals surface area contributed by atoms with Crippen molar-refractivity contribution < 1.29 is 13.2 Å². The van der Waals surface area contributed by atoms with Gasteiger partial charge in [-0.25, -0.2) is 12.7 Å². The number of carbonyl (C=O) groups is 1. The summed E-state index contributed by atoms with van der Waals surface area (Å²) in [6.07, 6.45) is 1.00. The zero-order chi connectivity index (χ0) is 21.0. The van der Waals surface area contributed by atoms with Crippen LogP contribution in [0.4, 0.5) is 0 Å². The van der Waals surface area contributed by atoms with Gasteiger partial charge in [-0.3, -0.25) is 4.79 Å². The van der Waals surface area contributed by atoms with Gasteiger partial charge in [-0.05, 0) is 43.0 Å². The second kappa shape index (κ2) is 9.47. The third kappa shape index (κ3) is 5.72. The maximum Gasteiger partial charge on any atom is 0.223 e. The van der Waals surface area contributed by atoms with E-state index in [2.05, 4.69) is 5.32 Å². The van der Waals surface area contributed by atoms with Crippen LogP contribution >= 0.6 is 23.2 Å². The number of nitrogens with one attached hydrogen (secondary N) is 1. The summed E-state index contributed by atoms with van der Waals surface area (Å²) in [5.41, 5.74) is 1.56. The quantitative estimate of drug-likeness (QED) is 0.702. The lowest BCUT2D eigenvalue weighted by Crippen LogP contribution is -2.43. The maximum atomic E-state index is 12.8. The third-order valence-electron chi connectivity index (χ3n) is 5.23. The fraction of sp³-hybridized carbons (Fsp3) is 0.381. The van der Waals surface area contributed by atoms with Crippen LogP contribution in [0.25, 0.3) is 0 Å². The molecule has 8 heteroatoms. The first-order valence-electron chi connectivity index (χ1n) is 9.53. The number of hydrogen-bond donors (Lipinski definition) is 1. The summed E-state index contributed by atoms with van der Waals surface area (Å²) in [6.45, 7) is 2.60. The first kappa shape index (κ1) is 22.1. The van der Waals surface area contributed by atoms with Gasteiger partial charge in [-0.2, -0.15) is 0 Å². The van der Waals surface area contributed by atoms with E-state index in [1.54, 1.807) is 18.2 Å². The molecule has 1 heterocycles. The summed E-state index contributed by atoms with van der Waals surface area (Å²) in [6, 6.07) is 14.5. The molecule has 0 bridgehead atoms. The summed E-state index contributed by atoms with van der Waals surface area (Å²) >= 11 is 12.0. The van der Waals surface area contributed by atoms with Gasteiger partial charge in [0.1, 0.15) is 0 Å². The molecule has 3 rings (SSSR count). The van der Waals surface area contributed by atoms with Gasteiger partial charge in [0.2, 0.25) is 15.9 Å². The van der Waals surface area contributed by atoms with Crippen LogP contribution < -0.4 is 5.32 Å². The molecule has 0 spiro atoms. The summed E-state index contributed by atoms with van der Waals surface area (Å²) < 4.78 is 27.0. The minimum absolute atomic E-state index is 0.0286. The zero-order valence-electron chi connectivity index (χ0n) is 16.1. The molecule has 1 N–H and O–H groups in total. The van der Waals surface area contributed by atoms with Crippen LogP contribution in [0.3, 0.4) is 0 Å². The topological polar surface area (TPSA) is 66.5 Å². The molecule has 2 aromatic rings. The van der Waals surface area contributed by atoms with Crippen molar-refractivity contribution >= 4 is 39.1 Å². The highest BCUT2D eigenvalue weighted by atomic mass is 35.5. The van der Waals surface area contributed by atoms with Crippen LogP contribution in [0.2, 0.25) is 10.0 Å². The number of amides is 1. The Morgan fingerprint density at radius 2 is 1.79 bits per heavy atom. The summed E-state index contributed by atoms with van der Waals surface area (Å²) in [7, 11) is -3.51. The molecule has 0 aromatic heterocycles. The maximum absolute atomic E-state index is 12.8. The second-order valence-electron chi connectivity index (χ2n) is 7.31. The lowest BCUT2D eigenvalue weighted by molar-refractivity contribution is -0.126. The molecule has 0 saturated carbocycles. The first-order valence-corrected chi connectivity index (χ1v) is 11.9. The van der Waals surface area contributed by atoms with Crippen molar-refractivity contribution in [3.05, 3.63) is 69.7 Å². The molecule has 1 fully saturated rings. The van der Waals surface area contributed by atoms with Gasteiger partial charge in [0.25, 0.3) is 0 Å². The van der Waals surface area contributed by atoms with E-state index in [1.807, 2.05) is 37.3 Å². The van der Waals surface area contributed by atoms with Crippen LogP contribution in [0.1, 0.15) is 36.9 Å². The predicted molar refractivity (Wildman–Crippen MR) is 116 cm³/mol. The molecule has 1 saturated heterocycles. The summed E-state index contributed by atoms with van der Waals surface area (Å²) in [4.78, 5) is 12.6. The Labute approximate surface area is 182 Å². The molecule has 0 radical (unpaired) electrons. The molecule has 0 aliphatic carbocycles. The van der Waals surface area contributed by atoms with E-state index in [-0.39, 0.29) is 23.6 Å². The minimum Gasteiger partial charge on any atom is -0.349 e. The van der Waals surface area contributed by atoms with Crippen LogP contribution in [-0.4, -0.2) is 31.7 Å². The smallest absolute Gasteiger partial charge is 0.223 e. The van der Waals surface area contributed by atoms with E-state index in [0.717, 1.165) is 5.56 Å². The number of carbonyl (C=O) groups excluding carboxylic acids is 1. The average Bonchev–Trinajstić information content (AvgIpc) is 2.71. The van der Waals surface area contributed by atoms with Gasteiger partial charge < -0.3 is 5.32 Å². The molecule has 1 aliphatic heterocycles. The van der Waals surface area contributed by atoms with E-state index < -0.39 is 10.0 Å². The number of hydrogen-bond acceptors (Lipinski definition) is 3. The van der Waals surface area contributed by atoms with Crippen LogP contribution in [0.15, 0.2) is 48.5 Å². The fourth-order valence-electron chi connectivity index (χ4n) is 3.48. The number of nitrogens with zero attached hydrogens (tertiary/aromatic N) is 1. The van der Waals surface area contributed by atoms with Gasteiger partial charge >= 0.3 is 0 Å². The molecule has 1 amide bonds. The Balaban J connectivity index is 1.55. The fourth-order valence-corrected chi connectivity index (χ4v) is 5.63. The Morgan fingerprint density at radius 1 is 1.14 bits per heavy atom. The monoisotopic (exact) mass is 454 g/mol. The predicted octanol–water partition coefficient (Wildman–Crippen LogP) is 4.41. The standard InChI is InChI=1S/C21H24Cl2N2O3S/c1-15(16-5-3-2-4-6-16)24-21(26)17-9-11-25(12-10-17)29(27,28)14-18-7-8-19(22)13-20(18)23/h2-8,13,15,17H,9-12,14H2,1H3,(H,24,26). The zero-order valence-corrected chi connectivity index (χ0v) is 18.5. The average molecular weight is 455 g/mol. The van der Waals surface area contributed by atoms with Gasteiger partial charge in [-0.1, -0.05) is 59.6 Å². The minimum atomic E-state index is -3.51. The van der Waals surface area contributed by atoms with Crippen molar-refractivity contribution in [2.75, 3.05) is 13.1 Å². The molecular formula is C21H24Cl2N2O3S. The highest BCUT2D eigenvalue weighted by molar-refractivity contribution is 7.88. The third-order valence-corrected chi connectivity index (χ3v) is 7.64. The molecule has 1 atom stereocenters. The van der Waals surface area contributed by atoms with Crippen molar-refractivity contribution in [1.82, 2.24) is 9.62 Å². The van der Waals surface area contributed by atoms with Crippen molar-refractivity contribution in [2.45, 2.75) is 31.6 Å². The Morgan fingerprint density at radius 3 is 2.41 bits per heavy atom. The molecule has 1 unspecified atom stereocenters. The largest absolute Gasteiger partial charge is 0.349 e. The first-order chi connectivity index (χ1) is 13.8. The van der Waals surface area contributed by atoms with Gasteiger partial charge in [0.05, 0.1) is 11.8 Å². The van der Waals surface area contributed by atoms with Crippen LogP contribution in [0.5, 0.6) is 0 Å². The van der Waals surface area contributed by atoms with Crippen molar-refractivity contribution in [3.63, 3.8) is 0 Å². The van der Waals surface area contributed by atoms with E-state index in [1.165, 1.54) is 4.31 Å². The van der Waals surface area contributed by atoms with Gasteiger partial charge in [0, 0.05) is 29.1 Å². The SMILES string of the molecule is CC(NC(=O)C1CCN(S(=O)(=O)Cc2ccc(Cl)cc2Cl)CC1)c1ccccc1. The number of benzene rings is 2. The molecule has 5 nitrogen and oxygen atoms in total. The van der Waals surface area contributed by atoms with Gasteiger partial charge in [-0.15, -0.1) is 0 Å².